The topological polar surface area (TPSA) is 40.8 Å². The van der Waals surface area contributed by atoms with Gasteiger partial charge in [0.05, 0.1) is 11.6 Å². The van der Waals surface area contributed by atoms with Gasteiger partial charge in [-0.2, -0.15) is 5.26 Å². The largest absolute Gasteiger partial charge is 0.343 e. The maximum absolute atomic E-state index is 9.01. The van der Waals surface area contributed by atoms with Gasteiger partial charge in [0.2, 0.25) is 0 Å². The van der Waals surface area contributed by atoms with Crippen molar-refractivity contribution in [1.82, 2.24) is 9.88 Å². The molecule has 3 rings (SSSR count). The Labute approximate surface area is 124 Å². The van der Waals surface area contributed by atoms with E-state index in [0.717, 1.165) is 18.7 Å². The summed E-state index contributed by atoms with van der Waals surface area (Å²) in [4.78, 5) is 0. The van der Waals surface area contributed by atoms with Gasteiger partial charge in [-0.15, -0.1) is 0 Å². The molecule has 0 unspecified atom stereocenters. The van der Waals surface area contributed by atoms with Gasteiger partial charge in [-0.3, -0.25) is 0 Å². The SMILES string of the molecule is CNCc1cn(Cc2cccc(C#N)c2)c2ccccc12. The summed E-state index contributed by atoms with van der Waals surface area (Å²) in [5.41, 5.74) is 4.37. The molecule has 104 valence electrons. The van der Waals surface area contributed by atoms with E-state index in [-0.39, 0.29) is 0 Å². The van der Waals surface area contributed by atoms with Crippen molar-refractivity contribution in [1.29, 1.82) is 5.26 Å². The number of nitriles is 1. The van der Waals surface area contributed by atoms with Crippen LogP contribution in [-0.2, 0) is 13.1 Å². The van der Waals surface area contributed by atoms with Gasteiger partial charge in [0.15, 0.2) is 0 Å². The first kappa shape index (κ1) is 13.4. The van der Waals surface area contributed by atoms with Gasteiger partial charge in [-0.25, -0.2) is 0 Å². The summed E-state index contributed by atoms with van der Waals surface area (Å²) in [7, 11) is 1.96. The molecule has 3 aromatic rings. The molecular weight excluding hydrogens is 258 g/mol. The van der Waals surface area contributed by atoms with Gasteiger partial charge < -0.3 is 9.88 Å². The minimum absolute atomic E-state index is 0.708. The van der Waals surface area contributed by atoms with E-state index in [4.69, 9.17) is 5.26 Å². The lowest BCUT2D eigenvalue weighted by Crippen LogP contribution is -2.04. The van der Waals surface area contributed by atoms with E-state index < -0.39 is 0 Å². The Bertz CT molecular complexity index is 809. The Hall–Kier alpha value is -2.57. The minimum Gasteiger partial charge on any atom is -0.343 e. The third-order valence-electron chi connectivity index (χ3n) is 3.65. The molecule has 1 heterocycles. The number of nitrogens with zero attached hydrogens (tertiary/aromatic N) is 2. The summed E-state index contributed by atoms with van der Waals surface area (Å²) in [5.74, 6) is 0. The van der Waals surface area contributed by atoms with Crippen LogP contribution < -0.4 is 5.32 Å². The maximum Gasteiger partial charge on any atom is 0.0991 e. The van der Waals surface area contributed by atoms with Crippen molar-refractivity contribution in [3.63, 3.8) is 0 Å². The molecule has 0 amide bonds. The molecule has 0 saturated heterocycles. The first-order valence-corrected chi connectivity index (χ1v) is 7.02. The molecule has 0 bridgehead atoms. The van der Waals surface area contributed by atoms with Gasteiger partial charge in [0, 0.05) is 30.2 Å². The molecule has 1 aromatic heterocycles. The van der Waals surface area contributed by atoms with Crippen LogP contribution in [-0.4, -0.2) is 11.6 Å². The van der Waals surface area contributed by atoms with Gasteiger partial charge in [0.1, 0.15) is 0 Å². The van der Waals surface area contributed by atoms with E-state index in [1.54, 1.807) is 0 Å². The monoisotopic (exact) mass is 275 g/mol. The van der Waals surface area contributed by atoms with Crippen LogP contribution in [0.4, 0.5) is 0 Å². The smallest absolute Gasteiger partial charge is 0.0991 e. The van der Waals surface area contributed by atoms with Gasteiger partial charge in [0.25, 0.3) is 0 Å². The van der Waals surface area contributed by atoms with Crippen molar-refractivity contribution in [3.8, 4) is 6.07 Å². The van der Waals surface area contributed by atoms with Crippen molar-refractivity contribution in [3.05, 3.63) is 71.4 Å². The summed E-state index contributed by atoms with van der Waals surface area (Å²) in [6.07, 6.45) is 2.19. The third-order valence-corrected chi connectivity index (χ3v) is 3.65. The minimum atomic E-state index is 0.708. The number of benzene rings is 2. The molecule has 0 aliphatic heterocycles. The Kier molecular flexibility index (Phi) is 3.72. The second kappa shape index (κ2) is 5.82. The highest BCUT2D eigenvalue weighted by atomic mass is 15.0. The Morgan fingerprint density at radius 2 is 2.00 bits per heavy atom. The summed E-state index contributed by atoms with van der Waals surface area (Å²) in [5, 5.41) is 13.5. The normalized spacial score (nSPS) is 10.7. The number of para-hydroxylation sites is 1. The molecule has 0 aliphatic carbocycles. The number of hydrogen-bond acceptors (Lipinski definition) is 2. The molecule has 3 nitrogen and oxygen atoms in total. The molecule has 0 radical (unpaired) electrons. The highest BCUT2D eigenvalue weighted by Gasteiger charge is 2.07. The second-order valence-corrected chi connectivity index (χ2v) is 5.14. The summed E-state index contributed by atoms with van der Waals surface area (Å²) < 4.78 is 2.25. The summed E-state index contributed by atoms with van der Waals surface area (Å²) in [6.45, 7) is 1.63. The number of aromatic nitrogens is 1. The van der Waals surface area contributed by atoms with Crippen molar-refractivity contribution < 1.29 is 0 Å². The quantitative estimate of drug-likeness (QED) is 0.794. The Balaban J connectivity index is 2.02. The van der Waals surface area contributed by atoms with E-state index in [1.807, 2.05) is 25.2 Å². The number of fused-ring (bicyclic) bond motifs is 1. The average molecular weight is 275 g/mol. The molecule has 0 fully saturated rings. The van der Waals surface area contributed by atoms with Crippen LogP contribution in [0.3, 0.4) is 0 Å². The van der Waals surface area contributed by atoms with Gasteiger partial charge in [-0.05, 0) is 36.4 Å². The molecule has 0 spiro atoms. The molecule has 3 heteroatoms. The number of hydrogen-bond donors (Lipinski definition) is 1. The van der Waals surface area contributed by atoms with Crippen LogP contribution in [0.5, 0.6) is 0 Å². The Morgan fingerprint density at radius 3 is 2.81 bits per heavy atom. The van der Waals surface area contributed by atoms with E-state index in [9.17, 15) is 0 Å². The first-order valence-electron chi connectivity index (χ1n) is 7.02. The molecule has 0 atom stereocenters. The zero-order valence-electron chi connectivity index (χ0n) is 12.0. The molecule has 0 aliphatic rings. The van der Waals surface area contributed by atoms with Crippen molar-refractivity contribution in [2.24, 2.45) is 0 Å². The van der Waals surface area contributed by atoms with E-state index in [0.29, 0.717) is 5.56 Å². The van der Waals surface area contributed by atoms with Crippen LogP contribution >= 0.6 is 0 Å². The van der Waals surface area contributed by atoms with Gasteiger partial charge >= 0.3 is 0 Å². The lowest BCUT2D eigenvalue weighted by atomic mass is 10.1. The standard InChI is InChI=1S/C18H17N3/c1-20-11-16-13-21(18-8-3-2-7-17(16)18)12-15-6-4-5-14(9-15)10-19/h2-9,13,20H,11-12H2,1H3. The lowest BCUT2D eigenvalue weighted by molar-refractivity contribution is 0.795. The van der Waals surface area contributed by atoms with Crippen LogP contribution in [0.2, 0.25) is 0 Å². The second-order valence-electron chi connectivity index (χ2n) is 5.14. The van der Waals surface area contributed by atoms with Crippen LogP contribution in [0.1, 0.15) is 16.7 Å². The fourth-order valence-electron chi connectivity index (χ4n) is 2.72. The predicted octanol–water partition coefficient (Wildman–Crippen LogP) is 3.28. The fourth-order valence-corrected chi connectivity index (χ4v) is 2.72. The van der Waals surface area contributed by atoms with Crippen molar-refractivity contribution >= 4 is 10.9 Å². The Morgan fingerprint density at radius 1 is 1.14 bits per heavy atom. The summed E-state index contributed by atoms with van der Waals surface area (Å²) in [6, 6.07) is 18.4. The number of rotatable bonds is 4. The third kappa shape index (κ3) is 2.67. The highest BCUT2D eigenvalue weighted by molar-refractivity contribution is 5.84. The maximum atomic E-state index is 9.01. The molecule has 21 heavy (non-hydrogen) atoms. The van der Waals surface area contributed by atoms with Crippen LogP contribution in [0.15, 0.2) is 54.7 Å². The molecular formula is C18H17N3. The van der Waals surface area contributed by atoms with Crippen LogP contribution in [0, 0.1) is 11.3 Å². The average Bonchev–Trinajstić information content (AvgIpc) is 2.86. The number of nitrogens with one attached hydrogen (secondary N) is 1. The van der Waals surface area contributed by atoms with E-state index in [2.05, 4.69) is 52.5 Å². The van der Waals surface area contributed by atoms with Crippen molar-refractivity contribution in [2.45, 2.75) is 13.1 Å². The zero-order valence-corrected chi connectivity index (χ0v) is 12.0. The summed E-state index contributed by atoms with van der Waals surface area (Å²) >= 11 is 0. The fraction of sp³-hybridized carbons (Fsp3) is 0.167. The predicted molar refractivity (Wildman–Crippen MR) is 85.0 cm³/mol. The lowest BCUT2D eigenvalue weighted by Gasteiger charge is -2.05. The molecule has 1 N–H and O–H groups in total. The van der Waals surface area contributed by atoms with Gasteiger partial charge in [-0.1, -0.05) is 30.3 Å². The van der Waals surface area contributed by atoms with E-state index >= 15 is 0 Å². The molecule has 2 aromatic carbocycles. The van der Waals surface area contributed by atoms with E-state index in [1.165, 1.54) is 16.5 Å². The highest BCUT2D eigenvalue weighted by Crippen LogP contribution is 2.22. The van der Waals surface area contributed by atoms with Crippen LogP contribution in [0.25, 0.3) is 10.9 Å². The zero-order chi connectivity index (χ0) is 14.7. The first-order chi connectivity index (χ1) is 10.3. The van der Waals surface area contributed by atoms with Crippen molar-refractivity contribution in [2.75, 3.05) is 7.05 Å². The molecule has 0 saturated carbocycles.